The molecular formula is C15H21FN2O4S. The summed E-state index contributed by atoms with van der Waals surface area (Å²) >= 11 is 0. The molecule has 1 aliphatic heterocycles. The van der Waals surface area contributed by atoms with Gasteiger partial charge in [-0.25, -0.2) is 9.11 Å². The number of hydrogen-bond donors (Lipinski definition) is 1. The average Bonchev–Trinajstić information content (AvgIpc) is 2.98. The lowest BCUT2D eigenvalue weighted by Crippen LogP contribution is -2.47. The van der Waals surface area contributed by atoms with Gasteiger partial charge in [0.25, 0.3) is 10.2 Å². The SMILES string of the molecule is CCOC(=O)C1CCCN1S(=O)(=O)NCCc1cccc(F)c1. The molecule has 1 saturated heterocycles. The summed E-state index contributed by atoms with van der Waals surface area (Å²) in [6.45, 7) is 2.33. The minimum Gasteiger partial charge on any atom is -0.465 e. The van der Waals surface area contributed by atoms with Gasteiger partial charge in [-0.05, 0) is 43.9 Å². The van der Waals surface area contributed by atoms with Crippen LogP contribution in [0, 0.1) is 5.82 Å². The van der Waals surface area contributed by atoms with Crippen LogP contribution < -0.4 is 4.72 Å². The van der Waals surface area contributed by atoms with E-state index < -0.39 is 22.2 Å². The quantitative estimate of drug-likeness (QED) is 0.755. The van der Waals surface area contributed by atoms with Crippen LogP contribution in [0.2, 0.25) is 0 Å². The highest BCUT2D eigenvalue weighted by Gasteiger charge is 2.39. The van der Waals surface area contributed by atoms with Gasteiger partial charge < -0.3 is 4.74 Å². The van der Waals surface area contributed by atoms with Gasteiger partial charge in [0.15, 0.2) is 0 Å². The Balaban J connectivity index is 1.94. The summed E-state index contributed by atoms with van der Waals surface area (Å²) in [6, 6.07) is 5.25. The number of carbonyl (C=O) groups is 1. The van der Waals surface area contributed by atoms with Crippen LogP contribution >= 0.6 is 0 Å². The molecule has 6 nitrogen and oxygen atoms in total. The first-order chi connectivity index (χ1) is 10.9. The van der Waals surface area contributed by atoms with Gasteiger partial charge in [-0.3, -0.25) is 4.79 Å². The molecule has 8 heteroatoms. The normalized spacial score (nSPS) is 19.0. The second kappa shape index (κ2) is 7.85. The number of ether oxygens (including phenoxy) is 1. The Hall–Kier alpha value is -1.51. The molecule has 1 N–H and O–H groups in total. The standard InChI is InChI=1S/C15H21FN2O4S/c1-2-22-15(19)14-7-4-10-18(14)23(20,21)17-9-8-12-5-3-6-13(16)11-12/h3,5-6,11,14,17H,2,4,7-10H2,1H3. The fourth-order valence-corrected chi connectivity index (χ4v) is 4.02. The smallest absolute Gasteiger partial charge is 0.324 e. The number of carbonyl (C=O) groups excluding carboxylic acids is 1. The van der Waals surface area contributed by atoms with Crippen molar-refractivity contribution in [2.24, 2.45) is 0 Å². The Morgan fingerprint density at radius 2 is 2.26 bits per heavy atom. The lowest BCUT2D eigenvalue weighted by atomic mass is 10.1. The number of esters is 1. The van der Waals surface area contributed by atoms with E-state index in [9.17, 15) is 17.6 Å². The molecule has 1 aromatic carbocycles. The maximum atomic E-state index is 13.1. The highest BCUT2D eigenvalue weighted by atomic mass is 32.2. The predicted octanol–water partition coefficient (Wildman–Crippen LogP) is 1.23. The molecule has 0 amide bonds. The van der Waals surface area contributed by atoms with Crippen LogP contribution in [-0.2, 0) is 26.2 Å². The van der Waals surface area contributed by atoms with E-state index in [4.69, 9.17) is 4.74 Å². The molecule has 1 fully saturated rings. The lowest BCUT2D eigenvalue weighted by Gasteiger charge is -2.22. The molecule has 128 valence electrons. The van der Waals surface area contributed by atoms with E-state index in [0.717, 1.165) is 4.31 Å². The van der Waals surface area contributed by atoms with Crippen molar-refractivity contribution in [1.82, 2.24) is 9.03 Å². The molecule has 1 aliphatic rings. The fraction of sp³-hybridized carbons (Fsp3) is 0.533. The van der Waals surface area contributed by atoms with Gasteiger partial charge >= 0.3 is 5.97 Å². The molecule has 1 unspecified atom stereocenters. The summed E-state index contributed by atoms with van der Waals surface area (Å²) in [5, 5.41) is 0. The van der Waals surface area contributed by atoms with Crippen LogP contribution in [0.5, 0.6) is 0 Å². The van der Waals surface area contributed by atoms with Gasteiger partial charge in [-0.15, -0.1) is 0 Å². The third kappa shape index (κ3) is 4.73. The first-order valence-electron chi connectivity index (χ1n) is 7.61. The molecule has 0 saturated carbocycles. The topological polar surface area (TPSA) is 75.7 Å². The van der Waals surface area contributed by atoms with Crippen LogP contribution in [0.3, 0.4) is 0 Å². The van der Waals surface area contributed by atoms with Crippen molar-refractivity contribution in [3.8, 4) is 0 Å². The van der Waals surface area contributed by atoms with Crippen molar-refractivity contribution in [2.75, 3.05) is 19.7 Å². The third-order valence-corrected chi connectivity index (χ3v) is 5.28. The van der Waals surface area contributed by atoms with Crippen LogP contribution in [0.4, 0.5) is 4.39 Å². The minimum atomic E-state index is -3.76. The van der Waals surface area contributed by atoms with E-state index in [1.165, 1.54) is 12.1 Å². The van der Waals surface area contributed by atoms with E-state index in [1.54, 1.807) is 19.1 Å². The van der Waals surface area contributed by atoms with Crippen LogP contribution in [0.15, 0.2) is 24.3 Å². The molecule has 0 spiro atoms. The molecular weight excluding hydrogens is 323 g/mol. The first-order valence-corrected chi connectivity index (χ1v) is 9.05. The molecule has 23 heavy (non-hydrogen) atoms. The van der Waals surface area contributed by atoms with Crippen molar-refractivity contribution < 1.29 is 22.3 Å². The van der Waals surface area contributed by atoms with Crippen LogP contribution in [0.25, 0.3) is 0 Å². The van der Waals surface area contributed by atoms with E-state index in [2.05, 4.69) is 4.72 Å². The molecule has 1 atom stereocenters. The van der Waals surface area contributed by atoms with Gasteiger partial charge in [0.05, 0.1) is 6.61 Å². The van der Waals surface area contributed by atoms with Crippen LogP contribution in [0.1, 0.15) is 25.3 Å². The summed E-state index contributed by atoms with van der Waals surface area (Å²) in [7, 11) is -3.76. The largest absolute Gasteiger partial charge is 0.465 e. The summed E-state index contributed by atoms with van der Waals surface area (Å²) in [5.41, 5.74) is 0.705. The molecule has 0 bridgehead atoms. The summed E-state index contributed by atoms with van der Waals surface area (Å²) in [5.74, 6) is -0.868. The zero-order valence-electron chi connectivity index (χ0n) is 13.0. The van der Waals surface area contributed by atoms with E-state index in [-0.39, 0.29) is 19.0 Å². The van der Waals surface area contributed by atoms with Crippen molar-refractivity contribution in [3.05, 3.63) is 35.6 Å². The lowest BCUT2D eigenvalue weighted by molar-refractivity contribution is -0.146. The van der Waals surface area contributed by atoms with Crippen molar-refractivity contribution in [1.29, 1.82) is 0 Å². The summed E-state index contributed by atoms with van der Waals surface area (Å²) < 4.78 is 46.3. The Morgan fingerprint density at radius 3 is 2.96 bits per heavy atom. The van der Waals surface area contributed by atoms with Gasteiger partial charge in [0.2, 0.25) is 0 Å². The van der Waals surface area contributed by atoms with Gasteiger partial charge in [0.1, 0.15) is 11.9 Å². The third-order valence-electron chi connectivity index (χ3n) is 3.66. The maximum absolute atomic E-state index is 13.1. The molecule has 0 aromatic heterocycles. The monoisotopic (exact) mass is 344 g/mol. The number of nitrogens with one attached hydrogen (secondary N) is 1. The second-order valence-corrected chi connectivity index (χ2v) is 7.01. The number of nitrogens with zero attached hydrogens (tertiary/aromatic N) is 1. The second-order valence-electron chi connectivity index (χ2n) is 5.30. The van der Waals surface area contributed by atoms with E-state index >= 15 is 0 Å². The average molecular weight is 344 g/mol. The van der Waals surface area contributed by atoms with E-state index in [1.807, 2.05) is 0 Å². The summed E-state index contributed by atoms with van der Waals surface area (Å²) in [6.07, 6.45) is 1.45. The van der Waals surface area contributed by atoms with E-state index in [0.29, 0.717) is 31.4 Å². The van der Waals surface area contributed by atoms with Crippen molar-refractivity contribution in [2.45, 2.75) is 32.2 Å². The molecule has 2 rings (SSSR count). The molecule has 0 radical (unpaired) electrons. The number of rotatable bonds is 7. The van der Waals surface area contributed by atoms with Crippen molar-refractivity contribution >= 4 is 16.2 Å². The van der Waals surface area contributed by atoms with Gasteiger partial charge in [0, 0.05) is 13.1 Å². The molecule has 1 aromatic rings. The number of halogens is 1. The minimum absolute atomic E-state index is 0.137. The Bertz CT molecular complexity index is 651. The van der Waals surface area contributed by atoms with Gasteiger partial charge in [-0.1, -0.05) is 12.1 Å². The Labute approximate surface area is 135 Å². The number of benzene rings is 1. The molecule has 1 heterocycles. The predicted molar refractivity (Wildman–Crippen MR) is 83.4 cm³/mol. The van der Waals surface area contributed by atoms with Crippen molar-refractivity contribution in [3.63, 3.8) is 0 Å². The fourth-order valence-electron chi connectivity index (χ4n) is 2.60. The van der Waals surface area contributed by atoms with Crippen LogP contribution in [-0.4, -0.2) is 44.4 Å². The summed E-state index contributed by atoms with van der Waals surface area (Å²) in [4.78, 5) is 11.8. The first kappa shape index (κ1) is 17.8. The van der Waals surface area contributed by atoms with Gasteiger partial charge in [-0.2, -0.15) is 12.7 Å². The maximum Gasteiger partial charge on any atom is 0.324 e. The highest BCUT2D eigenvalue weighted by Crippen LogP contribution is 2.21. The Kier molecular flexibility index (Phi) is 6.09. The molecule has 0 aliphatic carbocycles. The zero-order chi connectivity index (χ0) is 16.9. The highest BCUT2D eigenvalue weighted by molar-refractivity contribution is 7.87. The zero-order valence-corrected chi connectivity index (χ0v) is 13.8. The Morgan fingerprint density at radius 1 is 1.48 bits per heavy atom. The number of hydrogen-bond acceptors (Lipinski definition) is 4.